The van der Waals surface area contributed by atoms with Crippen LogP contribution in [0.5, 0.6) is 0 Å². The lowest BCUT2D eigenvalue weighted by Gasteiger charge is -2.19. The van der Waals surface area contributed by atoms with Crippen molar-refractivity contribution in [2.45, 2.75) is 63.4 Å². The van der Waals surface area contributed by atoms with Crippen molar-refractivity contribution in [3.05, 3.63) is 57.5 Å². The summed E-state index contributed by atoms with van der Waals surface area (Å²) in [5.41, 5.74) is 2.46. The summed E-state index contributed by atoms with van der Waals surface area (Å²) in [6.07, 6.45) is 2.19. The molecule has 27 heavy (non-hydrogen) atoms. The number of aromatic nitrogens is 2. The largest absolute Gasteiger partial charge is 0.353 e. The van der Waals surface area contributed by atoms with Crippen LogP contribution in [0.3, 0.4) is 0 Å². The van der Waals surface area contributed by atoms with Gasteiger partial charge in [-0.2, -0.15) is 0 Å². The quantitative estimate of drug-likeness (QED) is 0.556. The molecule has 0 aliphatic rings. The van der Waals surface area contributed by atoms with Crippen LogP contribution in [0.25, 0.3) is 0 Å². The van der Waals surface area contributed by atoms with Gasteiger partial charge in [0.1, 0.15) is 0 Å². The van der Waals surface area contributed by atoms with Crippen LogP contribution >= 0.6 is 11.8 Å². The Morgan fingerprint density at radius 1 is 1.26 bits per heavy atom. The van der Waals surface area contributed by atoms with Gasteiger partial charge in [-0.05, 0) is 32.8 Å². The third-order valence-corrected chi connectivity index (χ3v) is 5.61. The van der Waals surface area contributed by atoms with E-state index in [1.54, 1.807) is 11.6 Å². The number of aryl methyl sites for hydroxylation is 1. The van der Waals surface area contributed by atoms with E-state index in [2.05, 4.69) is 17.2 Å². The van der Waals surface area contributed by atoms with Gasteiger partial charge in [0.2, 0.25) is 5.91 Å². The van der Waals surface area contributed by atoms with Gasteiger partial charge in [0.15, 0.2) is 5.16 Å². The number of nitrogens with one attached hydrogen (secondary N) is 1. The summed E-state index contributed by atoms with van der Waals surface area (Å²) in [5.74, 6) is -0.00267. The van der Waals surface area contributed by atoms with E-state index in [0.717, 1.165) is 24.1 Å². The molecule has 1 amide bonds. The zero-order chi connectivity index (χ0) is 20.0. The van der Waals surface area contributed by atoms with Crippen LogP contribution in [0.4, 0.5) is 0 Å². The molecule has 1 aromatic carbocycles. The normalized spacial score (nSPS) is 12.2. The van der Waals surface area contributed by atoms with Crippen molar-refractivity contribution in [3.63, 3.8) is 0 Å². The Labute approximate surface area is 165 Å². The van der Waals surface area contributed by atoms with Crippen LogP contribution in [0.15, 0.2) is 40.3 Å². The van der Waals surface area contributed by atoms with Crippen LogP contribution in [-0.2, 0) is 18.3 Å². The summed E-state index contributed by atoms with van der Waals surface area (Å²) in [5, 5.41) is 3.30. The monoisotopic (exact) mass is 387 g/mol. The number of amides is 1. The maximum absolute atomic E-state index is 12.9. The number of carbonyl (C=O) groups excluding carboxylic acids is 1. The van der Waals surface area contributed by atoms with Crippen LogP contribution in [0.1, 0.15) is 50.4 Å². The molecule has 0 saturated carbocycles. The number of thioether (sulfide) groups is 1. The molecule has 1 heterocycles. The molecule has 0 saturated heterocycles. The second-order valence-electron chi connectivity index (χ2n) is 7.04. The topological polar surface area (TPSA) is 64.0 Å². The Morgan fingerprint density at radius 3 is 2.52 bits per heavy atom. The van der Waals surface area contributed by atoms with Crippen LogP contribution in [0, 0.1) is 6.92 Å². The fourth-order valence-electron chi connectivity index (χ4n) is 2.85. The molecule has 2 aromatic rings. The third kappa shape index (κ3) is 5.70. The Morgan fingerprint density at radius 2 is 1.93 bits per heavy atom. The highest BCUT2D eigenvalue weighted by Gasteiger charge is 2.23. The minimum atomic E-state index is -0.255. The fourth-order valence-corrected chi connectivity index (χ4v) is 4.06. The average molecular weight is 388 g/mol. The molecule has 1 N–H and O–H groups in total. The van der Waals surface area contributed by atoms with E-state index in [0.29, 0.717) is 17.1 Å². The number of hydrogen-bond acceptors (Lipinski definition) is 4. The van der Waals surface area contributed by atoms with Gasteiger partial charge >= 0.3 is 0 Å². The van der Waals surface area contributed by atoms with Crippen molar-refractivity contribution in [1.82, 2.24) is 14.9 Å². The molecule has 0 spiro atoms. The van der Waals surface area contributed by atoms with Gasteiger partial charge < -0.3 is 5.32 Å². The van der Waals surface area contributed by atoms with Gasteiger partial charge in [-0.15, -0.1) is 0 Å². The first kappa shape index (κ1) is 21.2. The van der Waals surface area contributed by atoms with Crippen LogP contribution < -0.4 is 10.9 Å². The van der Waals surface area contributed by atoms with Crippen LogP contribution in [-0.4, -0.2) is 26.8 Å². The predicted octanol–water partition coefficient (Wildman–Crippen LogP) is 3.46. The van der Waals surface area contributed by atoms with Gasteiger partial charge in [-0.25, -0.2) is 4.98 Å². The molecule has 0 bridgehead atoms. The number of nitrogens with zero attached hydrogens (tertiary/aromatic N) is 2. The molecule has 0 fully saturated rings. The summed E-state index contributed by atoms with van der Waals surface area (Å²) in [4.78, 5) is 30.1. The maximum atomic E-state index is 12.9. The van der Waals surface area contributed by atoms with Crippen molar-refractivity contribution >= 4 is 17.7 Å². The summed E-state index contributed by atoms with van der Waals surface area (Å²) < 4.78 is 1.57. The van der Waals surface area contributed by atoms with E-state index in [1.807, 2.05) is 51.1 Å². The van der Waals surface area contributed by atoms with E-state index in [4.69, 9.17) is 0 Å². The number of carbonyl (C=O) groups is 1. The van der Waals surface area contributed by atoms with Gasteiger partial charge in [0.25, 0.3) is 5.56 Å². The third-order valence-electron chi connectivity index (χ3n) is 4.30. The van der Waals surface area contributed by atoms with E-state index in [1.165, 1.54) is 11.8 Å². The molecule has 6 heteroatoms. The molecule has 146 valence electrons. The Balaban J connectivity index is 2.30. The van der Waals surface area contributed by atoms with Gasteiger partial charge in [0.05, 0.1) is 5.25 Å². The Kier molecular flexibility index (Phi) is 7.66. The standard InChI is InChI=1S/C21H29N3O2S/c1-6-10-18(19(25)22-14(2)3)27-21-23-15(4)17(20(26)24(21)5)13-16-11-8-7-9-12-16/h7-9,11-12,14,18H,6,10,13H2,1-5H3,(H,22,25). The lowest BCUT2D eigenvalue weighted by atomic mass is 10.1. The van der Waals surface area contributed by atoms with E-state index >= 15 is 0 Å². The number of rotatable bonds is 8. The summed E-state index contributed by atoms with van der Waals surface area (Å²) in [7, 11) is 1.73. The SMILES string of the molecule is CCCC(Sc1nc(C)c(Cc2ccccc2)c(=O)n1C)C(=O)NC(C)C. The molecular weight excluding hydrogens is 358 g/mol. The smallest absolute Gasteiger partial charge is 0.257 e. The van der Waals surface area contributed by atoms with E-state index in [-0.39, 0.29) is 22.8 Å². The minimum absolute atomic E-state index is 0.00267. The van der Waals surface area contributed by atoms with Crippen molar-refractivity contribution in [2.75, 3.05) is 0 Å². The molecule has 1 atom stereocenters. The lowest BCUT2D eigenvalue weighted by molar-refractivity contribution is -0.121. The second kappa shape index (κ2) is 9.74. The van der Waals surface area contributed by atoms with Crippen molar-refractivity contribution in [3.8, 4) is 0 Å². The lowest BCUT2D eigenvalue weighted by Crippen LogP contribution is -2.37. The average Bonchev–Trinajstić information content (AvgIpc) is 2.63. The first-order valence-corrected chi connectivity index (χ1v) is 10.3. The Hall–Kier alpha value is -2.08. The second-order valence-corrected chi connectivity index (χ2v) is 8.21. The molecule has 1 unspecified atom stereocenters. The van der Waals surface area contributed by atoms with Gasteiger partial charge in [-0.3, -0.25) is 14.2 Å². The summed E-state index contributed by atoms with van der Waals surface area (Å²) in [6.45, 7) is 7.81. The maximum Gasteiger partial charge on any atom is 0.257 e. The van der Waals surface area contributed by atoms with E-state index < -0.39 is 0 Å². The van der Waals surface area contributed by atoms with Gasteiger partial charge in [-0.1, -0.05) is 55.4 Å². The number of hydrogen-bond donors (Lipinski definition) is 1. The predicted molar refractivity (Wildman–Crippen MR) is 111 cm³/mol. The molecule has 2 rings (SSSR count). The summed E-state index contributed by atoms with van der Waals surface area (Å²) >= 11 is 1.37. The molecular formula is C21H29N3O2S. The first-order valence-electron chi connectivity index (χ1n) is 9.40. The summed E-state index contributed by atoms with van der Waals surface area (Å²) in [6, 6.07) is 10.0. The fraction of sp³-hybridized carbons (Fsp3) is 0.476. The Bertz CT molecular complexity index is 831. The van der Waals surface area contributed by atoms with Crippen LogP contribution in [0.2, 0.25) is 0 Å². The molecule has 1 aromatic heterocycles. The molecule has 0 aliphatic carbocycles. The first-order chi connectivity index (χ1) is 12.8. The van der Waals surface area contributed by atoms with Gasteiger partial charge in [0, 0.05) is 30.8 Å². The van der Waals surface area contributed by atoms with Crippen molar-refractivity contribution in [1.29, 1.82) is 0 Å². The number of benzene rings is 1. The highest BCUT2D eigenvalue weighted by atomic mass is 32.2. The van der Waals surface area contributed by atoms with Crippen molar-refractivity contribution < 1.29 is 4.79 Å². The molecule has 0 aliphatic heterocycles. The highest BCUT2D eigenvalue weighted by molar-refractivity contribution is 8.00. The molecule has 5 nitrogen and oxygen atoms in total. The van der Waals surface area contributed by atoms with E-state index in [9.17, 15) is 9.59 Å². The zero-order valence-electron chi connectivity index (χ0n) is 16.8. The molecule has 0 radical (unpaired) electrons. The zero-order valence-corrected chi connectivity index (χ0v) is 17.6. The highest BCUT2D eigenvalue weighted by Crippen LogP contribution is 2.25. The van der Waals surface area contributed by atoms with Crippen molar-refractivity contribution in [2.24, 2.45) is 7.05 Å². The minimum Gasteiger partial charge on any atom is -0.353 e.